The molecule has 2 atom stereocenters. The van der Waals surface area contributed by atoms with Gasteiger partial charge in [-0.25, -0.2) is 9.59 Å². The van der Waals surface area contributed by atoms with E-state index in [-0.39, 0.29) is 13.0 Å². The molecule has 3 N–H and O–H groups in total. The number of carbonyl (C=O) groups is 2. The van der Waals surface area contributed by atoms with Crippen LogP contribution in [0.15, 0.2) is 48.5 Å². The molecule has 2 unspecified atom stereocenters. The van der Waals surface area contributed by atoms with Gasteiger partial charge in [-0.1, -0.05) is 36.4 Å². The lowest BCUT2D eigenvalue weighted by molar-refractivity contribution is -0.148. The number of aliphatic hydroxyl groups excluding tert-OH is 1. The second-order valence-electron chi connectivity index (χ2n) is 5.99. The average molecular weight is 389 g/mol. The van der Waals surface area contributed by atoms with Crippen molar-refractivity contribution in [2.24, 2.45) is 0 Å². The summed E-state index contributed by atoms with van der Waals surface area (Å²) < 4.78 is 15.5. The Morgan fingerprint density at radius 1 is 1.00 bits per heavy atom. The fourth-order valence-corrected chi connectivity index (χ4v) is 2.59. The Morgan fingerprint density at radius 3 is 2.29 bits per heavy atom. The largest absolute Gasteiger partial charge is 0.493 e. The summed E-state index contributed by atoms with van der Waals surface area (Å²) >= 11 is 0. The van der Waals surface area contributed by atoms with Gasteiger partial charge in [0.15, 0.2) is 17.6 Å². The van der Waals surface area contributed by atoms with Crippen LogP contribution in [0.25, 0.3) is 0 Å². The zero-order chi connectivity index (χ0) is 20.5. The first-order valence-corrected chi connectivity index (χ1v) is 8.53. The van der Waals surface area contributed by atoms with Crippen LogP contribution in [-0.4, -0.2) is 48.6 Å². The summed E-state index contributed by atoms with van der Waals surface area (Å²) in [7, 11) is 2.98. The van der Waals surface area contributed by atoms with Crippen molar-refractivity contribution >= 4 is 12.1 Å². The number of rotatable bonds is 9. The van der Waals surface area contributed by atoms with Gasteiger partial charge in [-0.05, 0) is 29.7 Å². The highest BCUT2D eigenvalue weighted by molar-refractivity contribution is 5.75. The van der Waals surface area contributed by atoms with Gasteiger partial charge in [-0.2, -0.15) is 0 Å². The van der Waals surface area contributed by atoms with Crippen molar-refractivity contribution in [2.45, 2.75) is 25.2 Å². The second kappa shape index (κ2) is 10.2. The van der Waals surface area contributed by atoms with Crippen molar-refractivity contribution in [2.75, 3.05) is 14.2 Å². The fourth-order valence-electron chi connectivity index (χ4n) is 2.59. The predicted octanol–water partition coefficient (Wildman–Crippen LogP) is 1.99. The number of nitrogens with one attached hydrogen (secondary N) is 1. The first-order valence-electron chi connectivity index (χ1n) is 8.53. The number of carboxylic acid groups (broad SMARTS) is 1. The van der Waals surface area contributed by atoms with E-state index in [0.717, 1.165) is 5.56 Å². The highest BCUT2D eigenvalue weighted by atomic mass is 16.5. The summed E-state index contributed by atoms with van der Waals surface area (Å²) in [5, 5.41) is 21.5. The lowest BCUT2D eigenvalue weighted by atomic mass is 10.0. The molecule has 150 valence electrons. The van der Waals surface area contributed by atoms with Crippen LogP contribution in [-0.2, 0) is 22.6 Å². The summed E-state index contributed by atoms with van der Waals surface area (Å²) in [4.78, 5) is 23.3. The number of alkyl carbamates (subject to hydrolysis) is 1. The lowest BCUT2D eigenvalue weighted by Crippen LogP contribution is -2.48. The summed E-state index contributed by atoms with van der Waals surface area (Å²) in [5.41, 5.74) is 1.43. The Morgan fingerprint density at radius 2 is 1.68 bits per heavy atom. The van der Waals surface area contributed by atoms with Gasteiger partial charge < -0.3 is 29.7 Å². The van der Waals surface area contributed by atoms with E-state index < -0.39 is 24.2 Å². The van der Waals surface area contributed by atoms with Crippen LogP contribution in [0.1, 0.15) is 11.1 Å². The second-order valence-corrected chi connectivity index (χ2v) is 5.99. The monoisotopic (exact) mass is 389 g/mol. The molecule has 28 heavy (non-hydrogen) atoms. The molecule has 0 spiro atoms. The van der Waals surface area contributed by atoms with Crippen molar-refractivity contribution in [1.82, 2.24) is 5.32 Å². The Hall–Kier alpha value is -3.26. The third kappa shape index (κ3) is 5.88. The Kier molecular flexibility index (Phi) is 7.65. The molecule has 0 aliphatic carbocycles. The molecule has 0 heterocycles. The molecular weight excluding hydrogens is 366 g/mol. The summed E-state index contributed by atoms with van der Waals surface area (Å²) in [6, 6.07) is 12.9. The molecule has 0 saturated heterocycles. The van der Waals surface area contributed by atoms with Gasteiger partial charge in [0.05, 0.1) is 20.3 Å². The molecule has 8 nitrogen and oxygen atoms in total. The van der Waals surface area contributed by atoms with Crippen molar-refractivity contribution in [1.29, 1.82) is 0 Å². The lowest BCUT2D eigenvalue weighted by Gasteiger charge is -2.22. The number of amides is 1. The third-order valence-electron chi connectivity index (χ3n) is 4.05. The Balaban J connectivity index is 2.07. The van der Waals surface area contributed by atoms with E-state index in [0.29, 0.717) is 17.1 Å². The molecule has 0 aliphatic rings. The highest BCUT2D eigenvalue weighted by Gasteiger charge is 2.28. The SMILES string of the molecule is COc1ccc(CC(NC(=O)OCc2ccccc2)C(O)C(=O)O)cc1OC. The standard InChI is InChI=1S/C20H23NO7/c1-26-16-9-8-14(11-17(16)27-2)10-15(18(22)19(23)24)21-20(25)28-12-13-6-4-3-5-7-13/h3-9,11,15,18,22H,10,12H2,1-2H3,(H,21,25)(H,23,24). The number of carboxylic acids is 1. The molecule has 2 aromatic carbocycles. The van der Waals surface area contributed by atoms with Gasteiger partial charge in [0.1, 0.15) is 6.61 Å². The molecular formula is C20H23NO7. The number of hydrogen-bond acceptors (Lipinski definition) is 6. The smallest absolute Gasteiger partial charge is 0.407 e. The Bertz CT molecular complexity index is 794. The number of hydrogen-bond donors (Lipinski definition) is 3. The molecule has 0 bridgehead atoms. The zero-order valence-electron chi connectivity index (χ0n) is 15.6. The highest BCUT2D eigenvalue weighted by Crippen LogP contribution is 2.28. The maximum atomic E-state index is 12.1. The molecule has 2 rings (SSSR count). The van der Waals surface area contributed by atoms with Crippen LogP contribution >= 0.6 is 0 Å². The molecule has 0 aromatic heterocycles. The van der Waals surface area contributed by atoms with Gasteiger partial charge in [-0.3, -0.25) is 0 Å². The van der Waals surface area contributed by atoms with E-state index in [1.807, 2.05) is 18.2 Å². The van der Waals surface area contributed by atoms with Crippen molar-refractivity contribution in [3.05, 3.63) is 59.7 Å². The van der Waals surface area contributed by atoms with E-state index in [4.69, 9.17) is 19.3 Å². The zero-order valence-corrected chi connectivity index (χ0v) is 15.6. The van der Waals surface area contributed by atoms with Gasteiger partial charge in [0.2, 0.25) is 0 Å². The topological polar surface area (TPSA) is 114 Å². The number of aliphatic hydroxyl groups is 1. The van der Waals surface area contributed by atoms with E-state index >= 15 is 0 Å². The molecule has 1 amide bonds. The molecule has 0 saturated carbocycles. The van der Waals surface area contributed by atoms with Gasteiger partial charge in [0.25, 0.3) is 0 Å². The van der Waals surface area contributed by atoms with Gasteiger partial charge in [0, 0.05) is 0 Å². The van der Waals surface area contributed by atoms with Gasteiger partial charge in [-0.15, -0.1) is 0 Å². The summed E-state index contributed by atoms with van der Waals surface area (Å²) in [6.07, 6.45) is -2.58. The minimum absolute atomic E-state index is 0.0267. The normalized spacial score (nSPS) is 12.5. The summed E-state index contributed by atoms with van der Waals surface area (Å²) in [5.74, 6) is -0.485. The molecule has 2 aromatic rings. The minimum Gasteiger partial charge on any atom is -0.493 e. The van der Waals surface area contributed by atoms with E-state index in [2.05, 4.69) is 5.32 Å². The van der Waals surface area contributed by atoms with E-state index in [1.54, 1.807) is 30.3 Å². The first-order chi connectivity index (χ1) is 13.4. The van der Waals surface area contributed by atoms with Crippen LogP contribution in [0.4, 0.5) is 4.79 Å². The number of benzene rings is 2. The van der Waals surface area contributed by atoms with Crippen molar-refractivity contribution in [3.8, 4) is 11.5 Å². The number of ether oxygens (including phenoxy) is 3. The van der Waals surface area contributed by atoms with Crippen LogP contribution < -0.4 is 14.8 Å². The Labute approximate surface area is 162 Å². The van der Waals surface area contributed by atoms with Crippen LogP contribution in [0.2, 0.25) is 0 Å². The average Bonchev–Trinajstić information content (AvgIpc) is 2.71. The van der Waals surface area contributed by atoms with Crippen molar-refractivity contribution in [3.63, 3.8) is 0 Å². The molecule has 8 heteroatoms. The molecule has 0 fully saturated rings. The predicted molar refractivity (Wildman–Crippen MR) is 100 cm³/mol. The quantitative estimate of drug-likeness (QED) is 0.601. The van der Waals surface area contributed by atoms with Crippen LogP contribution in [0.5, 0.6) is 11.5 Å². The minimum atomic E-state index is -1.81. The fraction of sp³-hybridized carbons (Fsp3) is 0.300. The number of carbonyl (C=O) groups excluding carboxylic acids is 1. The van der Waals surface area contributed by atoms with Gasteiger partial charge >= 0.3 is 12.1 Å². The van der Waals surface area contributed by atoms with E-state index in [9.17, 15) is 14.7 Å². The number of methoxy groups -OCH3 is 2. The van der Waals surface area contributed by atoms with E-state index in [1.165, 1.54) is 14.2 Å². The summed E-state index contributed by atoms with van der Waals surface area (Å²) in [6.45, 7) is 0.0267. The first kappa shape index (κ1) is 21.0. The maximum Gasteiger partial charge on any atom is 0.407 e. The van der Waals surface area contributed by atoms with Crippen molar-refractivity contribution < 1.29 is 34.0 Å². The maximum absolute atomic E-state index is 12.1. The molecule has 0 radical (unpaired) electrons. The number of aliphatic carboxylic acids is 1. The van der Waals surface area contributed by atoms with Crippen LogP contribution in [0, 0.1) is 0 Å². The molecule has 0 aliphatic heterocycles. The van der Waals surface area contributed by atoms with Crippen LogP contribution in [0.3, 0.4) is 0 Å². The third-order valence-corrected chi connectivity index (χ3v) is 4.05.